The molecule has 34 heavy (non-hydrogen) atoms. The first-order valence-electron chi connectivity index (χ1n) is 11.2. The van der Waals surface area contributed by atoms with Crippen molar-refractivity contribution in [3.05, 3.63) is 93.3 Å². The van der Waals surface area contributed by atoms with E-state index in [9.17, 15) is 4.79 Å². The Kier molecular flexibility index (Phi) is 5.57. The Morgan fingerprint density at radius 1 is 0.971 bits per heavy atom. The third-order valence-electron chi connectivity index (χ3n) is 6.21. The lowest BCUT2D eigenvalue weighted by Gasteiger charge is -2.35. The Morgan fingerprint density at radius 2 is 1.74 bits per heavy atom. The van der Waals surface area contributed by atoms with Crippen LogP contribution in [-0.4, -0.2) is 16.2 Å². The minimum atomic E-state index is -0.411. The van der Waals surface area contributed by atoms with Crippen molar-refractivity contribution in [3.8, 4) is 10.7 Å². The van der Waals surface area contributed by atoms with Gasteiger partial charge in [-0.25, -0.2) is 4.79 Å². The number of aryl methyl sites for hydroxylation is 4. The summed E-state index contributed by atoms with van der Waals surface area (Å²) in [6.07, 6.45) is 0. The topological polar surface area (TPSA) is 71.3 Å². The zero-order valence-corrected chi connectivity index (χ0v) is 20.7. The van der Waals surface area contributed by atoms with E-state index in [4.69, 9.17) is 9.51 Å². The van der Waals surface area contributed by atoms with Crippen LogP contribution in [0.3, 0.4) is 0 Å². The number of amides is 2. The van der Waals surface area contributed by atoms with Gasteiger partial charge in [-0.15, -0.1) is 11.3 Å². The fourth-order valence-corrected chi connectivity index (χ4v) is 5.09. The van der Waals surface area contributed by atoms with E-state index in [1.807, 2.05) is 56.5 Å². The Labute approximate surface area is 202 Å². The van der Waals surface area contributed by atoms with Gasteiger partial charge in [-0.1, -0.05) is 35.5 Å². The fourth-order valence-electron chi connectivity index (χ4n) is 4.44. The summed E-state index contributed by atoms with van der Waals surface area (Å²) >= 11 is 1.56. The van der Waals surface area contributed by atoms with Gasteiger partial charge in [-0.2, -0.15) is 4.98 Å². The number of nitrogens with zero attached hydrogens (tertiary/aromatic N) is 3. The molecule has 0 aliphatic carbocycles. The summed E-state index contributed by atoms with van der Waals surface area (Å²) in [6.45, 7) is 10.1. The van der Waals surface area contributed by atoms with Gasteiger partial charge < -0.3 is 9.84 Å². The van der Waals surface area contributed by atoms with Gasteiger partial charge >= 0.3 is 6.03 Å². The normalized spacial score (nSPS) is 16.2. The van der Waals surface area contributed by atoms with Crippen molar-refractivity contribution in [2.75, 3.05) is 4.90 Å². The number of rotatable bonds is 4. The van der Waals surface area contributed by atoms with Crippen LogP contribution in [0.4, 0.5) is 10.5 Å². The summed E-state index contributed by atoms with van der Waals surface area (Å²) in [6, 6.07) is 15.7. The van der Waals surface area contributed by atoms with E-state index in [-0.39, 0.29) is 6.03 Å². The van der Waals surface area contributed by atoms with Crippen molar-refractivity contribution in [3.63, 3.8) is 0 Å². The van der Waals surface area contributed by atoms with Crippen molar-refractivity contribution in [2.45, 2.75) is 40.7 Å². The molecule has 3 heterocycles. The summed E-state index contributed by atoms with van der Waals surface area (Å²) in [4.78, 5) is 20.8. The quantitative estimate of drug-likeness (QED) is 0.359. The molecule has 1 aliphatic rings. The first kappa shape index (κ1) is 22.1. The molecule has 1 N–H and O–H groups in total. The molecule has 0 bridgehead atoms. The van der Waals surface area contributed by atoms with Crippen molar-refractivity contribution in [1.29, 1.82) is 0 Å². The van der Waals surface area contributed by atoms with Crippen LogP contribution in [0.25, 0.3) is 16.3 Å². The highest BCUT2D eigenvalue weighted by Gasteiger charge is 2.36. The summed E-state index contributed by atoms with van der Waals surface area (Å²) in [5.41, 5.74) is 7.87. The van der Waals surface area contributed by atoms with Crippen LogP contribution >= 0.6 is 11.3 Å². The molecule has 2 aromatic heterocycles. The summed E-state index contributed by atoms with van der Waals surface area (Å²) in [5, 5.41) is 9.41. The number of benzene rings is 2. The van der Waals surface area contributed by atoms with Crippen molar-refractivity contribution < 1.29 is 9.32 Å². The second-order valence-corrected chi connectivity index (χ2v) is 9.75. The number of allylic oxidation sites excluding steroid dienone is 1. The van der Waals surface area contributed by atoms with Crippen LogP contribution < -0.4 is 10.2 Å². The number of hydrogen-bond donors (Lipinski definition) is 1. The molecule has 172 valence electrons. The average Bonchev–Trinajstić information content (AvgIpc) is 3.46. The van der Waals surface area contributed by atoms with E-state index in [2.05, 4.69) is 42.5 Å². The predicted molar refractivity (Wildman–Crippen MR) is 136 cm³/mol. The Morgan fingerprint density at radius 3 is 2.41 bits per heavy atom. The molecule has 7 heteroatoms. The highest BCUT2D eigenvalue weighted by Crippen LogP contribution is 2.40. The van der Waals surface area contributed by atoms with Gasteiger partial charge in [0.2, 0.25) is 5.82 Å². The molecule has 0 radical (unpaired) electrons. The number of nitrogens with one attached hydrogen (secondary N) is 1. The molecule has 5 rings (SSSR count). The van der Waals surface area contributed by atoms with Gasteiger partial charge in [-0.05, 0) is 86.0 Å². The number of aromatic nitrogens is 2. The van der Waals surface area contributed by atoms with Crippen molar-refractivity contribution in [1.82, 2.24) is 15.5 Å². The molecular weight excluding hydrogens is 444 g/mol. The number of carbonyl (C=O) groups excluding carboxylic acids is 1. The number of thiophene rings is 1. The third-order valence-corrected chi connectivity index (χ3v) is 7.08. The van der Waals surface area contributed by atoms with Gasteiger partial charge in [0.25, 0.3) is 5.89 Å². The van der Waals surface area contributed by atoms with E-state index >= 15 is 0 Å². The number of hydrogen-bond acceptors (Lipinski definition) is 5. The van der Waals surface area contributed by atoms with Crippen LogP contribution in [0.1, 0.15) is 46.7 Å². The zero-order chi connectivity index (χ0) is 24.0. The van der Waals surface area contributed by atoms with Gasteiger partial charge in [0, 0.05) is 5.70 Å². The molecular formula is C27H26N4O2S. The van der Waals surface area contributed by atoms with Crippen LogP contribution in [0.15, 0.2) is 64.1 Å². The first-order chi connectivity index (χ1) is 16.3. The summed E-state index contributed by atoms with van der Waals surface area (Å²) < 4.78 is 5.78. The molecule has 2 aromatic carbocycles. The van der Waals surface area contributed by atoms with E-state index in [0.717, 1.165) is 44.1 Å². The predicted octanol–water partition coefficient (Wildman–Crippen LogP) is 6.73. The fraction of sp³-hybridized carbons (Fsp3) is 0.222. The molecule has 0 saturated carbocycles. The lowest BCUT2D eigenvalue weighted by atomic mass is 9.92. The van der Waals surface area contributed by atoms with Gasteiger partial charge in [0.05, 0.1) is 22.2 Å². The lowest BCUT2D eigenvalue weighted by molar-refractivity contribution is 0.244. The molecule has 0 saturated heterocycles. The van der Waals surface area contributed by atoms with E-state index in [1.54, 1.807) is 16.2 Å². The van der Waals surface area contributed by atoms with Gasteiger partial charge in [0.15, 0.2) is 0 Å². The maximum Gasteiger partial charge on any atom is 0.326 e. The Hall–Kier alpha value is -3.71. The lowest BCUT2D eigenvalue weighted by Crippen LogP contribution is -2.46. The van der Waals surface area contributed by atoms with E-state index in [0.29, 0.717) is 11.7 Å². The Bertz CT molecular complexity index is 1400. The van der Waals surface area contributed by atoms with Crippen LogP contribution in [0, 0.1) is 27.7 Å². The third kappa shape index (κ3) is 3.92. The monoisotopic (exact) mass is 470 g/mol. The maximum absolute atomic E-state index is 13.4. The SMILES string of the molecule is CC1=C(c2nc(-c3cccs3)no2)C(c2ccc(C)c(C)c2)NC(=O)N1c1cc(C)cc(C)c1. The molecule has 6 nitrogen and oxygen atoms in total. The average molecular weight is 471 g/mol. The van der Waals surface area contributed by atoms with Crippen LogP contribution in [0.2, 0.25) is 0 Å². The van der Waals surface area contributed by atoms with E-state index < -0.39 is 6.04 Å². The maximum atomic E-state index is 13.4. The smallest absolute Gasteiger partial charge is 0.326 e. The molecule has 4 aromatic rings. The minimum absolute atomic E-state index is 0.188. The number of anilines is 1. The summed E-state index contributed by atoms with van der Waals surface area (Å²) in [7, 11) is 0. The molecule has 2 amide bonds. The molecule has 1 atom stereocenters. The number of carbonyl (C=O) groups is 1. The molecule has 1 aliphatic heterocycles. The van der Waals surface area contributed by atoms with Crippen molar-refractivity contribution >= 4 is 28.6 Å². The van der Waals surface area contributed by atoms with E-state index in [1.165, 1.54) is 5.56 Å². The number of urea groups is 1. The zero-order valence-electron chi connectivity index (χ0n) is 19.8. The second-order valence-electron chi connectivity index (χ2n) is 8.81. The molecule has 0 fully saturated rings. The highest BCUT2D eigenvalue weighted by atomic mass is 32.1. The largest absolute Gasteiger partial charge is 0.334 e. The first-order valence-corrected chi connectivity index (χ1v) is 12.0. The van der Waals surface area contributed by atoms with Crippen LogP contribution in [0.5, 0.6) is 0 Å². The Balaban J connectivity index is 1.69. The minimum Gasteiger partial charge on any atom is -0.334 e. The summed E-state index contributed by atoms with van der Waals surface area (Å²) in [5.74, 6) is 0.942. The standard InChI is InChI=1S/C27H26N4O2S/c1-15-11-16(2)13-21(12-15)31-19(5)23(26-29-25(30-33-26)22-7-6-10-34-22)24(28-27(31)32)20-9-8-17(3)18(4)14-20/h6-14,24H,1-5H3,(H,28,32). The van der Waals surface area contributed by atoms with Gasteiger partial charge in [-0.3, -0.25) is 4.90 Å². The van der Waals surface area contributed by atoms with Gasteiger partial charge in [0.1, 0.15) is 0 Å². The molecule has 1 unspecified atom stereocenters. The van der Waals surface area contributed by atoms with Crippen molar-refractivity contribution in [2.24, 2.45) is 0 Å². The molecule has 0 spiro atoms. The second kappa shape index (κ2) is 8.57. The van der Waals surface area contributed by atoms with Crippen LogP contribution in [-0.2, 0) is 0 Å². The highest BCUT2D eigenvalue weighted by molar-refractivity contribution is 7.13.